The molecule has 0 radical (unpaired) electrons. The number of ether oxygens (including phenoxy) is 1. The second-order valence-electron chi connectivity index (χ2n) is 7.65. The Morgan fingerprint density at radius 2 is 1.89 bits per heavy atom. The number of hydrogen-bond donors (Lipinski definition) is 0. The molecule has 2 fully saturated rings. The summed E-state index contributed by atoms with van der Waals surface area (Å²) in [5.74, 6) is 1.64. The fourth-order valence-corrected chi connectivity index (χ4v) is 5.14. The van der Waals surface area contributed by atoms with Crippen LogP contribution in [0.2, 0.25) is 5.02 Å². The Kier molecular flexibility index (Phi) is 5.19. The third kappa shape index (κ3) is 4.31. The number of fused-ring (bicyclic) bond motifs is 2. The predicted molar refractivity (Wildman–Crippen MR) is 108 cm³/mol. The highest BCUT2D eigenvalue weighted by molar-refractivity contribution is 7.90. The topological polar surface area (TPSA) is 46.6 Å². The second kappa shape index (κ2) is 7.46. The third-order valence-electron chi connectivity index (χ3n) is 5.66. The standard InChI is InChI=1S/C21H24ClNO3S/c1-27(24,25)21-6-3-16(4-7-21)17-11-18(22)13-20(12-17)26-9-8-23-14-15-2-5-19(23)10-15/h3-4,6-7,11-13,15,19H,2,5,8-10,14H2,1H3/t15-,19+/m0/s1. The van der Waals surface area contributed by atoms with E-state index in [2.05, 4.69) is 4.90 Å². The first kappa shape index (κ1) is 18.8. The van der Waals surface area contributed by atoms with E-state index in [0.29, 0.717) is 16.5 Å². The summed E-state index contributed by atoms with van der Waals surface area (Å²) in [4.78, 5) is 2.86. The van der Waals surface area contributed by atoms with E-state index in [-0.39, 0.29) is 0 Å². The largest absolute Gasteiger partial charge is 0.492 e. The van der Waals surface area contributed by atoms with Gasteiger partial charge in [0.05, 0.1) is 4.90 Å². The lowest BCUT2D eigenvalue weighted by Gasteiger charge is -2.26. The number of halogens is 1. The van der Waals surface area contributed by atoms with Crippen molar-refractivity contribution in [2.75, 3.05) is 26.0 Å². The number of sulfone groups is 1. The average Bonchev–Trinajstić information content (AvgIpc) is 3.24. The lowest BCUT2D eigenvalue weighted by Crippen LogP contribution is -2.35. The first-order valence-electron chi connectivity index (χ1n) is 9.36. The van der Waals surface area contributed by atoms with Crippen molar-refractivity contribution in [1.82, 2.24) is 4.90 Å². The summed E-state index contributed by atoms with van der Waals surface area (Å²) in [6.45, 7) is 2.81. The first-order valence-corrected chi connectivity index (χ1v) is 11.6. The Bertz CT molecular complexity index is 927. The van der Waals surface area contributed by atoms with Gasteiger partial charge in [-0.25, -0.2) is 8.42 Å². The van der Waals surface area contributed by atoms with E-state index in [1.807, 2.05) is 18.2 Å². The molecule has 4 nitrogen and oxygen atoms in total. The highest BCUT2D eigenvalue weighted by Crippen LogP contribution is 2.37. The maximum absolute atomic E-state index is 11.6. The molecule has 6 heteroatoms. The average molecular weight is 406 g/mol. The molecule has 1 saturated heterocycles. The highest BCUT2D eigenvalue weighted by atomic mass is 35.5. The summed E-state index contributed by atoms with van der Waals surface area (Å²) in [5.41, 5.74) is 1.82. The zero-order valence-electron chi connectivity index (χ0n) is 15.4. The van der Waals surface area contributed by atoms with Crippen LogP contribution in [0, 0.1) is 5.92 Å². The van der Waals surface area contributed by atoms with Gasteiger partial charge in [0, 0.05) is 30.4 Å². The van der Waals surface area contributed by atoms with Crippen molar-refractivity contribution in [3.63, 3.8) is 0 Å². The summed E-state index contributed by atoms with van der Waals surface area (Å²) in [6.07, 6.45) is 5.28. The SMILES string of the molecule is CS(=O)(=O)c1ccc(-c2cc(Cl)cc(OCCN3C[C@H]4CC[C@@H]3C4)c2)cc1. The van der Waals surface area contributed by atoms with Crippen molar-refractivity contribution < 1.29 is 13.2 Å². The Balaban J connectivity index is 1.43. The Morgan fingerprint density at radius 1 is 1.11 bits per heavy atom. The van der Waals surface area contributed by atoms with Gasteiger partial charge in [-0.15, -0.1) is 0 Å². The van der Waals surface area contributed by atoms with Crippen molar-refractivity contribution in [1.29, 1.82) is 0 Å². The molecule has 1 heterocycles. The van der Waals surface area contributed by atoms with Crippen molar-refractivity contribution >= 4 is 21.4 Å². The lowest BCUT2D eigenvalue weighted by atomic mass is 10.1. The zero-order valence-corrected chi connectivity index (χ0v) is 17.0. The molecule has 2 bridgehead atoms. The molecule has 1 saturated carbocycles. The molecule has 2 atom stereocenters. The number of likely N-dealkylation sites (tertiary alicyclic amines) is 1. The van der Waals surface area contributed by atoms with Gasteiger partial charge < -0.3 is 4.74 Å². The normalized spacial score (nSPS) is 22.3. The molecule has 2 aliphatic rings. The maximum atomic E-state index is 11.6. The Morgan fingerprint density at radius 3 is 2.52 bits per heavy atom. The van der Waals surface area contributed by atoms with Crippen LogP contribution in [0.5, 0.6) is 5.75 Å². The molecule has 144 valence electrons. The number of benzene rings is 2. The molecule has 0 spiro atoms. The maximum Gasteiger partial charge on any atom is 0.175 e. The summed E-state index contributed by atoms with van der Waals surface area (Å²) in [5, 5.41) is 0.606. The Labute approximate surface area is 166 Å². The van der Waals surface area contributed by atoms with Crippen LogP contribution in [0.15, 0.2) is 47.4 Å². The summed E-state index contributed by atoms with van der Waals surface area (Å²) < 4.78 is 29.2. The van der Waals surface area contributed by atoms with Crippen LogP contribution in [-0.2, 0) is 9.84 Å². The van der Waals surface area contributed by atoms with Crippen LogP contribution in [0.3, 0.4) is 0 Å². The fraction of sp³-hybridized carbons (Fsp3) is 0.429. The van der Waals surface area contributed by atoms with E-state index < -0.39 is 9.84 Å². The van der Waals surface area contributed by atoms with E-state index >= 15 is 0 Å². The van der Waals surface area contributed by atoms with Crippen molar-refractivity contribution in [2.24, 2.45) is 5.92 Å². The van der Waals surface area contributed by atoms with Gasteiger partial charge in [-0.2, -0.15) is 0 Å². The molecule has 2 aromatic carbocycles. The first-order chi connectivity index (χ1) is 12.9. The van der Waals surface area contributed by atoms with E-state index in [9.17, 15) is 8.42 Å². The van der Waals surface area contributed by atoms with E-state index in [4.69, 9.17) is 16.3 Å². The Hall–Kier alpha value is -1.56. The molecule has 1 aliphatic heterocycles. The molecule has 0 aromatic heterocycles. The third-order valence-corrected chi connectivity index (χ3v) is 7.00. The molecule has 27 heavy (non-hydrogen) atoms. The molecule has 4 rings (SSSR count). The number of hydrogen-bond acceptors (Lipinski definition) is 4. The van der Waals surface area contributed by atoms with Gasteiger partial charge in [-0.3, -0.25) is 4.90 Å². The van der Waals surface area contributed by atoms with Crippen LogP contribution in [-0.4, -0.2) is 45.3 Å². The van der Waals surface area contributed by atoms with Crippen molar-refractivity contribution in [3.8, 4) is 16.9 Å². The number of nitrogens with zero attached hydrogens (tertiary/aromatic N) is 1. The zero-order chi connectivity index (χ0) is 19.0. The minimum Gasteiger partial charge on any atom is -0.492 e. The van der Waals surface area contributed by atoms with Crippen LogP contribution in [0.25, 0.3) is 11.1 Å². The van der Waals surface area contributed by atoms with E-state index in [0.717, 1.165) is 35.4 Å². The lowest BCUT2D eigenvalue weighted by molar-refractivity contribution is 0.172. The molecule has 1 aliphatic carbocycles. The van der Waals surface area contributed by atoms with Gasteiger partial charge >= 0.3 is 0 Å². The van der Waals surface area contributed by atoms with Gasteiger partial charge in [0.2, 0.25) is 0 Å². The molecular weight excluding hydrogens is 382 g/mol. The van der Waals surface area contributed by atoms with Gasteiger partial charge in [0.25, 0.3) is 0 Å². The van der Waals surface area contributed by atoms with Crippen LogP contribution < -0.4 is 4.74 Å². The van der Waals surface area contributed by atoms with Crippen LogP contribution in [0.1, 0.15) is 19.3 Å². The van der Waals surface area contributed by atoms with Crippen LogP contribution >= 0.6 is 11.6 Å². The highest BCUT2D eigenvalue weighted by Gasteiger charge is 2.37. The molecule has 0 amide bonds. The monoisotopic (exact) mass is 405 g/mol. The minimum atomic E-state index is -3.20. The van der Waals surface area contributed by atoms with Crippen molar-refractivity contribution in [2.45, 2.75) is 30.2 Å². The second-order valence-corrected chi connectivity index (χ2v) is 10.1. The van der Waals surface area contributed by atoms with Crippen LogP contribution in [0.4, 0.5) is 0 Å². The van der Waals surface area contributed by atoms with Gasteiger partial charge in [0.15, 0.2) is 9.84 Å². The summed E-state index contributed by atoms with van der Waals surface area (Å²) in [7, 11) is -3.20. The number of rotatable bonds is 6. The summed E-state index contributed by atoms with van der Waals surface area (Å²) in [6, 6.07) is 13.2. The molecule has 0 N–H and O–H groups in total. The molecule has 0 unspecified atom stereocenters. The number of piperidine rings is 1. The van der Waals surface area contributed by atoms with Crippen molar-refractivity contribution in [3.05, 3.63) is 47.5 Å². The predicted octanol–water partition coefficient (Wildman–Crippen LogP) is 4.27. The van der Waals surface area contributed by atoms with Gasteiger partial charge in [0.1, 0.15) is 12.4 Å². The molecular formula is C21H24ClNO3S. The summed E-state index contributed by atoms with van der Waals surface area (Å²) >= 11 is 6.27. The van der Waals surface area contributed by atoms with Gasteiger partial charge in [-0.1, -0.05) is 23.7 Å². The minimum absolute atomic E-state index is 0.310. The quantitative estimate of drug-likeness (QED) is 0.719. The van der Waals surface area contributed by atoms with Gasteiger partial charge in [-0.05, 0) is 66.6 Å². The van der Waals surface area contributed by atoms with E-state index in [1.54, 1.807) is 24.3 Å². The smallest absolute Gasteiger partial charge is 0.175 e. The fourth-order valence-electron chi connectivity index (χ4n) is 4.29. The molecule has 2 aromatic rings. The van der Waals surface area contributed by atoms with E-state index in [1.165, 1.54) is 32.1 Å².